The summed E-state index contributed by atoms with van der Waals surface area (Å²) in [6.07, 6.45) is 7.08. The van der Waals surface area contributed by atoms with Crippen LogP contribution in [0.2, 0.25) is 0 Å². The molecule has 0 radical (unpaired) electrons. The third kappa shape index (κ3) is 2.67. The van der Waals surface area contributed by atoms with Crippen LogP contribution in [0.1, 0.15) is 50.0 Å². The number of esters is 1. The molecule has 0 spiro atoms. The van der Waals surface area contributed by atoms with E-state index in [-0.39, 0.29) is 18.0 Å². The SMILES string of the molecule is Cc1oc(-c2ccccc2)nc1COC(=O)C12CC3CC(CC(C3)C1)C2. The second-order valence-electron chi connectivity index (χ2n) is 8.66. The van der Waals surface area contributed by atoms with Crippen LogP contribution >= 0.6 is 0 Å². The monoisotopic (exact) mass is 351 g/mol. The van der Waals surface area contributed by atoms with Crippen molar-refractivity contribution < 1.29 is 13.9 Å². The van der Waals surface area contributed by atoms with Crippen molar-refractivity contribution in [1.82, 2.24) is 4.98 Å². The number of hydrogen-bond donors (Lipinski definition) is 0. The van der Waals surface area contributed by atoms with E-state index < -0.39 is 0 Å². The molecule has 0 amide bonds. The summed E-state index contributed by atoms with van der Waals surface area (Å²) >= 11 is 0. The number of nitrogens with zero attached hydrogens (tertiary/aromatic N) is 1. The summed E-state index contributed by atoms with van der Waals surface area (Å²) in [6.45, 7) is 2.09. The minimum atomic E-state index is -0.214. The van der Waals surface area contributed by atoms with Crippen LogP contribution in [-0.2, 0) is 16.1 Å². The number of ether oxygens (including phenoxy) is 1. The van der Waals surface area contributed by atoms with E-state index in [1.807, 2.05) is 37.3 Å². The van der Waals surface area contributed by atoms with Crippen LogP contribution in [0.15, 0.2) is 34.7 Å². The van der Waals surface area contributed by atoms with Gasteiger partial charge >= 0.3 is 5.97 Å². The summed E-state index contributed by atoms with van der Waals surface area (Å²) < 4.78 is 11.6. The molecule has 1 heterocycles. The first-order valence-electron chi connectivity index (χ1n) is 9.80. The fourth-order valence-corrected chi connectivity index (χ4v) is 5.91. The summed E-state index contributed by atoms with van der Waals surface area (Å²) in [4.78, 5) is 17.5. The lowest BCUT2D eigenvalue weighted by Gasteiger charge is -2.55. The molecule has 4 aliphatic carbocycles. The van der Waals surface area contributed by atoms with Crippen molar-refractivity contribution in [1.29, 1.82) is 0 Å². The number of aryl methyl sites for hydroxylation is 1. The lowest BCUT2D eigenvalue weighted by molar-refractivity contribution is -0.173. The van der Waals surface area contributed by atoms with Crippen molar-refractivity contribution in [3.05, 3.63) is 41.8 Å². The minimum absolute atomic E-state index is 0.000242. The molecular weight excluding hydrogens is 326 g/mol. The molecule has 4 fully saturated rings. The molecule has 26 heavy (non-hydrogen) atoms. The van der Waals surface area contributed by atoms with Gasteiger partial charge in [0.05, 0.1) is 5.41 Å². The van der Waals surface area contributed by atoms with E-state index >= 15 is 0 Å². The second kappa shape index (κ2) is 5.97. The summed E-state index contributed by atoms with van der Waals surface area (Å²) in [6, 6.07) is 9.82. The van der Waals surface area contributed by atoms with Crippen molar-refractivity contribution >= 4 is 5.97 Å². The lowest BCUT2D eigenvalue weighted by atomic mass is 9.49. The van der Waals surface area contributed by atoms with Crippen molar-refractivity contribution in [3.8, 4) is 11.5 Å². The molecule has 136 valence electrons. The molecule has 1 aromatic heterocycles. The van der Waals surface area contributed by atoms with Gasteiger partial charge in [0, 0.05) is 5.56 Å². The van der Waals surface area contributed by atoms with Crippen molar-refractivity contribution in [2.24, 2.45) is 23.2 Å². The van der Waals surface area contributed by atoms with E-state index in [1.54, 1.807) is 0 Å². The van der Waals surface area contributed by atoms with Crippen LogP contribution in [0.5, 0.6) is 0 Å². The first-order chi connectivity index (χ1) is 12.6. The Hall–Kier alpha value is -2.10. The molecule has 6 rings (SSSR count). The van der Waals surface area contributed by atoms with Gasteiger partial charge in [-0.15, -0.1) is 0 Å². The molecule has 0 unspecified atom stereocenters. The number of carbonyl (C=O) groups excluding carboxylic acids is 1. The zero-order chi connectivity index (χ0) is 17.7. The number of carbonyl (C=O) groups is 1. The highest BCUT2D eigenvalue weighted by Crippen LogP contribution is 2.60. The molecule has 0 atom stereocenters. The zero-order valence-electron chi connectivity index (χ0n) is 15.2. The Morgan fingerprint density at radius 1 is 1.12 bits per heavy atom. The minimum Gasteiger partial charge on any atom is -0.459 e. The van der Waals surface area contributed by atoms with Gasteiger partial charge in [-0.3, -0.25) is 4.79 Å². The van der Waals surface area contributed by atoms with Crippen LogP contribution in [0.4, 0.5) is 0 Å². The van der Waals surface area contributed by atoms with Gasteiger partial charge in [-0.05, 0) is 75.3 Å². The predicted molar refractivity (Wildman–Crippen MR) is 97.1 cm³/mol. The highest BCUT2D eigenvalue weighted by Gasteiger charge is 2.55. The average molecular weight is 351 g/mol. The standard InChI is InChI=1S/C22H25NO3/c1-14-19(23-20(26-14)18-5-3-2-4-6-18)13-25-21(24)22-10-15-7-16(11-22)9-17(8-15)12-22/h2-6,15-17H,7-13H2,1H3. The van der Waals surface area contributed by atoms with Crippen LogP contribution in [0.3, 0.4) is 0 Å². The maximum atomic E-state index is 13.0. The highest BCUT2D eigenvalue weighted by molar-refractivity contribution is 5.77. The number of aromatic nitrogens is 1. The fraction of sp³-hybridized carbons (Fsp3) is 0.545. The topological polar surface area (TPSA) is 52.3 Å². The third-order valence-electron chi connectivity index (χ3n) is 6.72. The van der Waals surface area contributed by atoms with E-state index in [9.17, 15) is 4.79 Å². The van der Waals surface area contributed by atoms with Gasteiger partial charge in [-0.1, -0.05) is 18.2 Å². The predicted octanol–water partition coefficient (Wildman–Crippen LogP) is 4.91. The summed E-state index contributed by atoms with van der Waals surface area (Å²) in [7, 11) is 0. The molecule has 1 aromatic carbocycles. The largest absolute Gasteiger partial charge is 0.459 e. The van der Waals surface area contributed by atoms with E-state index in [1.165, 1.54) is 19.3 Å². The quantitative estimate of drug-likeness (QED) is 0.735. The summed E-state index contributed by atoms with van der Waals surface area (Å²) in [5, 5.41) is 0. The number of benzene rings is 1. The van der Waals surface area contributed by atoms with Gasteiger partial charge in [0.15, 0.2) is 0 Å². The van der Waals surface area contributed by atoms with E-state index in [2.05, 4.69) is 4.98 Å². The maximum Gasteiger partial charge on any atom is 0.312 e. The Morgan fingerprint density at radius 3 is 2.35 bits per heavy atom. The molecule has 4 aliphatic rings. The van der Waals surface area contributed by atoms with Gasteiger partial charge < -0.3 is 9.15 Å². The van der Waals surface area contributed by atoms with Gasteiger partial charge in [-0.2, -0.15) is 0 Å². The molecule has 0 saturated heterocycles. The molecule has 4 saturated carbocycles. The summed E-state index contributed by atoms with van der Waals surface area (Å²) in [5.41, 5.74) is 1.45. The van der Waals surface area contributed by atoms with E-state index in [0.29, 0.717) is 5.89 Å². The highest BCUT2D eigenvalue weighted by atomic mass is 16.5. The molecule has 4 bridgehead atoms. The van der Waals surface area contributed by atoms with Gasteiger partial charge in [0.1, 0.15) is 18.1 Å². The Bertz CT molecular complexity index is 788. The molecule has 2 aromatic rings. The fourth-order valence-electron chi connectivity index (χ4n) is 5.91. The average Bonchev–Trinajstić information content (AvgIpc) is 3.00. The maximum absolute atomic E-state index is 13.0. The van der Waals surface area contributed by atoms with Gasteiger partial charge in [0.2, 0.25) is 5.89 Å². The Balaban J connectivity index is 1.30. The molecule has 0 N–H and O–H groups in total. The smallest absolute Gasteiger partial charge is 0.312 e. The zero-order valence-corrected chi connectivity index (χ0v) is 15.2. The molecule has 4 heteroatoms. The molecular formula is C22H25NO3. The Labute approximate surface area is 154 Å². The van der Waals surface area contributed by atoms with Crippen LogP contribution in [-0.4, -0.2) is 11.0 Å². The van der Waals surface area contributed by atoms with Gasteiger partial charge in [-0.25, -0.2) is 4.98 Å². The third-order valence-corrected chi connectivity index (χ3v) is 6.72. The number of oxazole rings is 1. The van der Waals surface area contributed by atoms with Crippen molar-refractivity contribution in [2.45, 2.75) is 52.1 Å². The summed E-state index contributed by atoms with van der Waals surface area (Å²) in [5.74, 6) is 3.54. The van der Waals surface area contributed by atoms with Crippen molar-refractivity contribution in [3.63, 3.8) is 0 Å². The first kappa shape index (κ1) is 16.1. The van der Waals surface area contributed by atoms with Gasteiger partial charge in [0.25, 0.3) is 0 Å². The lowest BCUT2D eigenvalue weighted by Crippen LogP contribution is -2.50. The van der Waals surface area contributed by atoms with Crippen LogP contribution in [0, 0.1) is 30.1 Å². The second-order valence-corrected chi connectivity index (χ2v) is 8.66. The molecule has 0 aliphatic heterocycles. The van der Waals surface area contributed by atoms with E-state index in [4.69, 9.17) is 9.15 Å². The Kier molecular flexibility index (Phi) is 3.70. The van der Waals surface area contributed by atoms with Crippen LogP contribution in [0.25, 0.3) is 11.5 Å². The normalized spacial score (nSPS) is 32.0. The molecule has 4 nitrogen and oxygen atoms in total. The van der Waals surface area contributed by atoms with Crippen molar-refractivity contribution in [2.75, 3.05) is 0 Å². The number of hydrogen-bond acceptors (Lipinski definition) is 4. The first-order valence-corrected chi connectivity index (χ1v) is 9.80. The van der Waals surface area contributed by atoms with Crippen LogP contribution < -0.4 is 0 Å². The van der Waals surface area contributed by atoms with E-state index in [0.717, 1.165) is 54.0 Å². The number of rotatable bonds is 4. The Morgan fingerprint density at radius 2 is 1.73 bits per heavy atom.